The van der Waals surface area contributed by atoms with Crippen molar-refractivity contribution in [2.24, 2.45) is 0 Å². The fraction of sp³-hybridized carbons (Fsp3) is 0.294. The number of aromatic nitrogens is 2. The summed E-state index contributed by atoms with van der Waals surface area (Å²) in [6, 6.07) is 9.83. The topological polar surface area (TPSA) is 62.9 Å². The van der Waals surface area contributed by atoms with Crippen LogP contribution in [0.5, 0.6) is 0 Å². The molecule has 0 radical (unpaired) electrons. The van der Waals surface area contributed by atoms with E-state index >= 15 is 0 Å². The third-order valence-corrected chi connectivity index (χ3v) is 5.17. The molecule has 0 spiro atoms. The number of hydrogen-bond acceptors (Lipinski definition) is 5. The average molecular weight is 326 g/mol. The lowest BCUT2D eigenvalue weighted by Gasteiger charge is -2.30. The molecule has 0 amide bonds. The lowest BCUT2D eigenvalue weighted by molar-refractivity contribution is -0.0379. The van der Waals surface area contributed by atoms with Crippen molar-refractivity contribution in [2.75, 3.05) is 5.43 Å². The molecule has 2 aromatic heterocycles. The van der Waals surface area contributed by atoms with Crippen LogP contribution in [0.2, 0.25) is 0 Å². The number of benzene rings is 1. The summed E-state index contributed by atoms with van der Waals surface area (Å²) in [6.45, 7) is 4.79. The number of nitrogens with zero attached hydrogens (tertiary/aromatic N) is 2. The Labute approximate surface area is 138 Å². The van der Waals surface area contributed by atoms with E-state index < -0.39 is 0 Å². The molecule has 1 aromatic carbocycles. The molecule has 0 bridgehead atoms. The minimum atomic E-state index is -0.193. The highest BCUT2D eigenvalue weighted by molar-refractivity contribution is 7.18. The molecule has 23 heavy (non-hydrogen) atoms. The second-order valence-corrected chi connectivity index (χ2v) is 7.43. The second-order valence-electron chi connectivity index (χ2n) is 6.35. The number of hydrogen-bond donors (Lipinski definition) is 2. The number of thiophene rings is 1. The van der Waals surface area contributed by atoms with Gasteiger partial charge in [0, 0.05) is 11.3 Å². The summed E-state index contributed by atoms with van der Waals surface area (Å²) in [5.74, 6) is 0. The fourth-order valence-electron chi connectivity index (χ4n) is 2.90. The maximum absolute atomic E-state index is 8.60. The van der Waals surface area contributed by atoms with Crippen LogP contribution >= 0.6 is 11.3 Å². The van der Waals surface area contributed by atoms with Gasteiger partial charge in [0.15, 0.2) is 5.49 Å². The van der Waals surface area contributed by atoms with E-state index in [-0.39, 0.29) is 5.60 Å². The van der Waals surface area contributed by atoms with Crippen LogP contribution in [0, 0.1) is 5.41 Å². The van der Waals surface area contributed by atoms with Crippen molar-refractivity contribution in [3.63, 3.8) is 0 Å². The summed E-state index contributed by atoms with van der Waals surface area (Å²) in [7, 11) is 0. The van der Waals surface area contributed by atoms with Crippen LogP contribution in [0.15, 0.2) is 36.7 Å². The minimum Gasteiger partial charge on any atom is -0.370 e. The average Bonchev–Trinajstić information content (AvgIpc) is 2.88. The number of nitrogens with one attached hydrogen (secondary N) is 2. The molecule has 1 aliphatic rings. The van der Waals surface area contributed by atoms with Gasteiger partial charge in [0.05, 0.1) is 23.3 Å². The van der Waals surface area contributed by atoms with Crippen LogP contribution in [-0.2, 0) is 17.8 Å². The van der Waals surface area contributed by atoms with E-state index in [2.05, 4.69) is 24.3 Å². The van der Waals surface area contributed by atoms with Gasteiger partial charge in [-0.3, -0.25) is 10.8 Å². The van der Waals surface area contributed by atoms with E-state index in [0.29, 0.717) is 12.1 Å². The maximum Gasteiger partial charge on any atom is 0.156 e. The monoisotopic (exact) mass is 326 g/mol. The molecular weight excluding hydrogens is 308 g/mol. The van der Waals surface area contributed by atoms with Gasteiger partial charge in [-0.15, -0.1) is 11.3 Å². The van der Waals surface area contributed by atoms with Crippen LogP contribution in [0.25, 0.3) is 10.2 Å². The first-order valence-electron chi connectivity index (χ1n) is 7.56. The van der Waals surface area contributed by atoms with Gasteiger partial charge in [0.25, 0.3) is 0 Å². The Morgan fingerprint density at radius 3 is 2.87 bits per heavy atom. The number of anilines is 1. The van der Waals surface area contributed by atoms with Crippen molar-refractivity contribution in [3.05, 3.63) is 52.6 Å². The van der Waals surface area contributed by atoms with Crippen molar-refractivity contribution in [3.8, 4) is 0 Å². The Morgan fingerprint density at radius 1 is 1.30 bits per heavy atom. The highest BCUT2D eigenvalue weighted by Crippen LogP contribution is 2.36. The molecule has 5 nitrogen and oxygen atoms in total. The summed E-state index contributed by atoms with van der Waals surface area (Å²) >= 11 is 1.63. The first-order valence-corrected chi connectivity index (χ1v) is 8.38. The number of para-hydroxylation sites is 1. The Balaban J connectivity index is 1.83. The molecule has 0 saturated carbocycles. The smallest absolute Gasteiger partial charge is 0.156 e. The van der Waals surface area contributed by atoms with Crippen molar-refractivity contribution in [1.29, 1.82) is 5.41 Å². The molecule has 1 aliphatic heterocycles. The van der Waals surface area contributed by atoms with Gasteiger partial charge in [-0.1, -0.05) is 18.2 Å². The van der Waals surface area contributed by atoms with Crippen molar-refractivity contribution in [2.45, 2.75) is 32.5 Å². The number of rotatable bonds is 2. The molecule has 118 valence electrons. The quantitative estimate of drug-likeness (QED) is 0.759. The number of ether oxygens (including phenoxy) is 1. The third-order valence-electron chi connectivity index (χ3n) is 4.06. The largest absolute Gasteiger partial charge is 0.370 e. The Hall–Kier alpha value is -2.18. The molecule has 0 atom stereocenters. The van der Waals surface area contributed by atoms with E-state index in [1.54, 1.807) is 22.3 Å². The Bertz CT molecular complexity index is 927. The highest BCUT2D eigenvalue weighted by atomic mass is 32.1. The molecule has 4 rings (SSSR count). The van der Waals surface area contributed by atoms with Gasteiger partial charge in [0.2, 0.25) is 0 Å². The van der Waals surface area contributed by atoms with E-state index in [1.165, 1.54) is 10.4 Å². The van der Waals surface area contributed by atoms with Crippen molar-refractivity contribution < 1.29 is 4.74 Å². The number of fused-ring (bicyclic) bond motifs is 3. The van der Waals surface area contributed by atoms with E-state index in [4.69, 9.17) is 10.1 Å². The van der Waals surface area contributed by atoms with Crippen LogP contribution in [0.4, 0.5) is 5.69 Å². The molecule has 2 N–H and O–H groups in total. The van der Waals surface area contributed by atoms with E-state index in [0.717, 1.165) is 22.3 Å². The highest BCUT2D eigenvalue weighted by Gasteiger charge is 2.30. The zero-order valence-electron chi connectivity index (χ0n) is 13.1. The van der Waals surface area contributed by atoms with Crippen LogP contribution in [0.3, 0.4) is 0 Å². The predicted octanol–water partition coefficient (Wildman–Crippen LogP) is 3.30. The molecule has 0 fully saturated rings. The lowest BCUT2D eigenvalue weighted by atomic mass is 9.94. The Kier molecular flexibility index (Phi) is 3.25. The first kappa shape index (κ1) is 14.4. The predicted molar refractivity (Wildman–Crippen MR) is 91.5 cm³/mol. The zero-order chi connectivity index (χ0) is 16.0. The van der Waals surface area contributed by atoms with Crippen LogP contribution in [0.1, 0.15) is 24.3 Å². The molecule has 6 heteroatoms. The molecular formula is C17H18N4OS. The molecule has 0 unspecified atom stereocenters. The van der Waals surface area contributed by atoms with Gasteiger partial charge in [-0.05, 0) is 31.5 Å². The van der Waals surface area contributed by atoms with Crippen LogP contribution < -0.4 is 10.9 Å². The summed E-state index contributed by atoms with van der Waals surface area (Å²) in [5.41, 5.74) is 5.61. The van der Waals surface area contributed by atoms with Crippen LogP contribution in [-0.4, -0.2) is 15.3 Å². The van der Waals surface area contributed by atoms with Gasteiger partial charge in [-0.25, -0.2) is 9.66 Å². The van der Waals surface area contributed by atoms with Crippen molar-refractivity contribution in [1.82, 2.24) is 9.66 Å². The molecule has 3 aromatic rings. The van der Waals surface area contributed by atoms with Gasteiger partial charge in [-0.2, -0.15) is 0 Å². The van der Waals surface area contributed by atoms with E-state index in [9.17, 15) is 0 Å². The first-order chi connectivity index (χ1) is 11.0. The van der Waals surface area contributed by atoms with Gasteiger partial charge in [0.1, 0.15) is 11.2 Å². The summed E-state index contributed by atoms with van der Waals surface area (Å²) < 4.78 is 7.56. The zero-order valence-corrected chi connectivity index (χ0v) is 13.9. The summed E-state index contributed by atoms with van der Waals surface area (Å²) in [6.07, 6.45) is 2.48. The second kappa shape index (κ2) is 5.18. The minimum absolute atomic E-state index is 0.193. The Morgan fingerprint density at radius 2 is 2.09 bits per heavy atom. The molecule has 0 aliphatic carbocycles. The molecule has 0 saturated heterocycles. The standard InChI is InChI=1S/C17H18N4OS/c1-17(2)8-12-13(9-22-17)23-16-14(12)15(18)21(10-19-16)20-11-6-4-3-5-7-11/h3-7,10,18,20H,8-9H2,1-2H3. The lowest BCUT2D eigenvalue weighted by Crippen LogP contribution is -2.32. The van der Waals surface area contributed by atoms with Gasteiger partial charge < -0.3 is 4.74 Å². The fourth-order valence-corrected chi connectivity index (χ4v) is 3.97. The SMILES string of the molecule is CC1(C)Cc2c(sc3ncn(Nc4ccccc4)c(=N)c23)CO1. The summed E-state index contributed by atoms with van der Waals surface area (Å²) in [4.78, 5) is 6.64. The maximum atomic E-state index is 8.60. The van der Waals surface area contributed by atoms with Crippen molar-refractivity contribution >= 4 is 27.2 Å². The third kappa shape index (κ3) is 2.54. The molecule has 3 heterocycles. The van der Waals surface area contributed by atoms with E-state index in [1.807, 2.05) is 30.3 Å². The van der Waals surface area contributed by atoms with Gasteiger partial charge >= 0.3 is 0 Å². The normalized spacial score (nSPS) is 16.3. The summed E-state index contributed by atoms with van der Waals surface area (Å²) in [5, 5.41) is 9.54.